The Morgan fingerprint density at radius 3 is 2.17 bits per heavy atom. The molecule has 7 heteroatoms. The molecule has 0 spiro atoms. The van der Waals surface area contributed by atoms with Gasteiger partial charge in [0.25, 0.3) is 0 Å². The van der Waals surface area contributed by atoms with Crippen LogP contribution in [-0.4, -0.2) is 14.5 Å². The zero-order valence-electron chi connectivity index (χ0n) is 12.3. The fourth-order valence-corrected chi connectivity index (χ4v) is 2.26. The van der Waals surface area contributed by atoms with E-state index in [0.29, 0.717) is 10.8 Å². The van der Waals surface area contributed by atoms with Crippen LogP contribution in [-0.2, 0) is 7.05 Å². The van der Waals surface area contributed by atoms with Gasteiger partial charge in [-0.2, -0.15) is 9.97 Å². The Balaban J connectivity index is 0.000000213. The van der Waals surface area contributed by atoms with Crippen LogP contribution >= 0.6 is 11.6 Å². The van der Waals surface area contributed by atoms with Crippen LogP contribution in [0, 0.1) is 0 Å². The summed E-state index contributed by atoms with van der Waals surface area (Å²) in [5, 5.41) is 0.566. The number of nitrogens with two attached hydrogens (primary N) is 1. The highest BCUT2D eigenvalue weighted by atomic mass is 35.5. The molecular formula is C16H14ClN5O. The van der Waals surface area contributed by atoms with Crippen molar-refractivity contribution < 1.29 is 0 Å². The Bertz CT molecular complexity index is 884. The van der Waals surface area contributed by atoms with Gasteiger partial charge in [0.1, 0.15) is 5.82 Å². The molecule has 1 aromatic heterocycles. The predicted octanol–water partition coefficient (Wildman–Crippen LogP) is 2.45. The minimum absolute atomic E-state index is 0.0723. The second kappa shape index (κ2) is 6.20. The van der Waals surface area contributed by atoms with Crippen molar-refractivity contribution in [3.8, 4) is 22.5 Å². The van der Waals surface area contributed by atoms with Crippen molar-refractivity contribution in [2.24, 2.45) is 12.9 Å². The quantitative estimate of drug-likeness (QED) is 0.436. The van der Waals surface area contributed by atoms with E-state index in [2.05, 4.69) is 39.7 Å². The smallest absolute Gasteiger partial charge is 0.292 e. The Labute approximate surface area is 137 Å². The van der Waals surface area contributed by atoms with E-state index >= 15 is 0 Å². The summed E-state index contributed by atoms with van der Waals surface area (Å²) < 4.78 is 1.33. The zero-order chi connectivity index (χ0) is 16.4. The number of rotatable bonds is 2. The topological polar surface area (TPSA) is 85.8 Å². The summed E-state index contributed by atoms with van der Waals surface area (Å²) in [4.78, 5) is 19.3. The Hall–Kier alpha value is -2.70. The van der Waals surface area contributed by atoms with E-state index < -0.39 is 5.69 Å². The van der Waals surface area contributed by atoms with Gasteiger partial charge in [0.2, 0.25) is 5.95 Å². The molecule has 0 amide bonds. The van der Waals surface area contributed by atoms with Crippen LogP contribution in [0.4, 0.5) is 5.95 Å². The highest BCUT2D eigenvalue weighted by Gasteiger charge is 2.09. The molecule has 2 aliphatic carbocycles. The van der Waals surface area contributed by atoms with Gasteiger partial charge in [0.05, 0.1) is 0 Å². The van der Waals surface area contributed by atoms with Gasteiger partial charge in [0, 0.05) is 17.6 Å². The van der Waals surface area contributed by atoms with Crippen LogP contribution in [0.5, 0.6) is 0 Å². The number of benzene rings is 2. The first kappa shape index (κ1) is 15.2. The molecule has 0 fully saturated rings. The van der Waals surface area contributed by atoms with Gasteiger partial charge in [-0.1, -0.05) is 48.0 Å². The fourth-order valence-electron chi connectivity index (χ4n) is 2.07. The van der Waals surface area contributed by atoms with E-state index in [1.807, 2.05) is 0 Å². The molecule has 4 rings (SSSR count). The molecule has 116 valence electrons. The molecule has 2 aliphatic rings. The number of nitrogen functional groups attached to an aromatic ring is 1. The Morgan fingerprint density at radius 1 is 1.04 bits per heavy atom. The van der Waals surface area contributed by atoms with Gasteiger partial charge in [-0.25, -0.2) is 10.6 Å². The molecule has 2 aromatic rings. The van der Waals surface area contributed by atoms with Crippen LogP contribution in [0.1, 0.15) is 0 Å². The first-order valence-electron chi connectivity index (χ1n) is 6.86. The molecule has 1 aromatic carbocycles. The summed E-state index contributed by atoms with van der Waals surface area (Å²) in [6.07, 6.45) is 0. The third-order valence-electron chi connectivity index (χ3n) is 3.45. The highest BCUT2D eigenvalue weighted by Crippen LogP contribution is 2.29. The minimum atomic E-state index is -0.442. The van der Waals surface area contributed by atoms with E-state index in [1.54, 1.807) is 31.3 Å². The molecule has 0 radical (unpaired) electrons. The van der Waals surface area contributed by atoms with Gasteiger partial charge in [-0.05, 0) is 23.3 Å². The molecule has 0 atom stereocenters. The fraction of sp³-hybridized carbons (Fsp3) is 0.0625. The first-order valence-corrected chi connectivity index (χ1v) is 7.24. The number of nitrogens with zero attached hydrogens (tertiary/aromatic N) is 3. The largest absolute Gasteiger partial charge is 0.352 e. The van der Waals surface area contributed by atoms with Gasteiger partial charge in [-0.3, -0.25) is 9.99 Å². The van der Waals surface area contributed by atoms with Crippen molar-refractivity contribution in [2.75, 3.05) is 5.43 Å². The van der Waals surface area contributed by atoms with Gasteiger partial charge in [-0.15, -0.1) is 0 Å². The summed E-state index contributed by atoms with van der Waals surface area (Å²) in [5.41, 5.74) is 5.38. The van der Waals surface area contributed by atoms with Crippen molar-refractivity contribution in [3.63, 3.8) is 0 Å². The predicted molar refractivity (Wildman–Crippen MR) is 91.0 cm³/mol. The molecule has 23 heavy (non-hydrogen) atoms. The lowest BCUT2D eigenvalue weighted by atomic mass is 9.95. The van der Waals surface area contributed by atoms with Crippen LogP contribution in [0.2, 0.25) is 5.02 Å². The summed E-state index contributed by atoms with van der Waals surface area (Å²) in [7, 11) is 1.58. The average molecular weight is 328 g/mol. The monoisotopic (exact) mass is 327 g/mol. The Kier molecular flexibility index (Phi) is 4.10. The van der Waals surface area contributed by atoms with Crippen molar-refractivity contribution in [3.05, 3.63) is 64.0 Å². The van der Waals surface area contributed by atoms with E-state index in [1.165, 1.54) is 15.7 Å². The van der Waals surface area contributed by atoms with E-state index in [4.69, 9.17) is 17.4 Å². The number of fused-ring (bicyclic) bond motifs is 1. The number of hydrazine groups is 1. The van der Waals surface area contributed by atoms with E-state index in [-0.39, 0.29) is 5.95 Å². The van der Waals surface area contributed by atoms with Gasteiger partial charge < -0.3 is 0 Å². The second-order valence-electron chi connectivity index (χ2n) is 4.94. The zero-order valence-corrected chi connectivity index (χ0v) is 13.1. The SMILES string of the molecule is Cn1c(-c2cccc(Cl)c2)nc(NN)nc1=O.c1cc2ccc1-2. The Morgan fingerprint density at radius 2 is 1.70 bits per heavy atom. The third kappa shape index (κ3) is 3.08. The number of aromatic nitrogens is 3. The lowest BCUT2D eigenvalue weighted by molar-refractivity contribution is 0.785. The van der Waals surface area contributed by atoms with Crippen LogP contribution < -0.4 is 17.0 Å². The third-order valence-corrected chi connectivity index (χ3v) is 3.68. The molecule has 0 unspecified atom stereocenters. The summed E-state index contributed by atoms with van der Waals surface area (Å²) in [6.45, 7) is 0. The van der Waals surface area contributed by atoms with Crippen molar-refractivity contribution in [2.45, 2.75) is 0 Å². The highest BCUT2D eigenvalue weighted by molar-refractivity contribution is 6.30. The van der Waals surface area contributed by atoms with Crippen molar-refractivity contribution in [1.82, 2.24) is 14.5 Å². The summed E-state index contributed by atoms with van der Waals surface area (Å²) in [6, 6.07) is 15.5. The number of hydrogen-bond acceptors (Lipinski definition) is 5. The molecule has 0 saturated heterocycles. The number of anilines is 1. The molecule has 3 N–H and O–H groups in total. The van der Waals surface area contributed by atoms with Crippen LogP contribution in [0.25, 0.3) is 22.5 Å². The maximum absolute atomic E-state index is 11.6. The second-order valence-corrected chi connectivity index (χ2v) is 5.38. The molecule has 6 nitrogen and oxygen atoms in total. The number of halogens is 1. The van der Waals surface area contributed by atoms with E-state index in [9.17, 15) is 4.79 Å². The number of nitrogens with one attached hydrogen (secondary N) is 1. The molecule has 0 bridgehead atoms. The lowest BCUT2D eigenvalue weighted by Crippen LogP contribution is -2.26. The van der Waals surface area contributed by atoms with Crippen molar-refractivity contribution >= 4 is 17.5 Å². The average Bonchev–Trinajstić information content (AvgIpc) is 2.54. The minimum Gasteiger partial charge on any atom is -0.292 e. The van der Waals surface area contributed by atoms with Gasteiger partial charge >= 0.3 is 5.69 Å². The molecular weight excluding hydrogens is 314 g/mol. The molecule has 0 aliphatic heterocycles. The van der Waals surface area contributed by atoms with Gasteiger partial charge in [0.15, 0.2) is 0 Å². The maximum atomic E-state index is 11.6. The molecule has 0 saturated carbocycles. The summed E-state index contributed by atoms with van der Waals surface area (Å²) >= 11 is 5.89. The molecule has 1 heterocycles. The normalized spacial score (nSPS) is 10.6. The van der Waals surface area contributed by atoms with Crippen molar-refractivity contribution in [1.29, 1.82) is 0 Å². The van der Waals surface area contributed by atoms with Crippen LogP contribution in [0.15, 0.2) is 53.3 Å². The maximum Gasteiger partial charge on any atom is 0.352 e. The number of hydrogen-bond donors (Lipinski definition) is 2. The standard InChI is InChI=1S/C10H10ClN5O.C6H4/c1-16-8(6-3-2-4-7(11)5-6)13-9(15-12)14-10(16)17;1-2-6-4-3-5(1)6/h2-5H,12H2,1H3,(H,14,15,17);1-4H. The van der Waals surface area contributed by atoms with E-state index in [0.717, 1.165) is 5.56 Å². The first-order chi connectivity index (χ1) is 11.1. The lowest BCUT2D eigenvalue weighted by Gasteiger charge is -2.10. The summed E-state index contributed by atoms with van der Waals surface area (Å²) in [5.74, 6) is 5.71. The van der Waals surface area contributed by atoms with Crippen LogP contribution in [0.3, 0.4) is 0 Å².